The molecule has 5 heteroatoms. The average molecular weight is 240 g/mol. The van der Waals surface area contributed by atoms with Gasteiger partial charge in [0.25, 0.3) is 0 Å². The standard InChI is InChI=1S/C12H17FN2O2/c1-3-15(2)11-5-4-9(8-10(11)13)14-7-6-12(16)17/h4-5,8,14H,3,6-7H2,1-2H3,(H,16,17). The van der Waals surface area contributed by atoms with Gasteiger partial charge < -0.3 is 15.3 Å². The van der Waals surface area contributed by atoms with E-state index in [0.717, 1.165) is 6.54 Å². The summed E-state index contributed by atoms with van der Waals surface area (Å²) < 4.78 is 13.7. The van der Waals surface area contributed by atoms with Crippen molar-refractivity contribution in [2.75, 3.05) is 30.4 Å². The van der Waals surface area contributed by atoms with Crippen LogP contribution in [0.1, 0.15) is 13.3 Å². The Morgan fingerprint density at radius 3 is 2.76 bits per heavy atom. The van der Waals surface area contributed by atoms with E-state index in [1.54, 1.807) is 17.0 Å². The minimum absolute atomic E-state index is 0.0121. The van der Waals surface area contributed by atoms with E-state index in [2.05, 4.69) is 5.32 Å². The topological polar surface area (TPSA) is 52.6 Å². The third-order valence-corrected chi connectivity index (χ3v) is 2.50. The summed E-state index contributed by atoms with van der Waals surface area (Å²) in [5.41, 5.74) is 1.13. The molecule has 0 aliphatic carbocycles. The smallest absolute Gasteiger partial charge is 0.305 e. The molecule has 0 bridgehead atoms. The van der Waals surface area contributed by atoms with Crippen LogP contribution < -0.4 is 10.2 Å². The number of carboxylic acids is 1. The van der Waals surface area contributed by atoms with Crippen LogP contribution in [0.4, 0.5) is 15.8 Å². The Balaban J connectivity index is 2.65. The number of nitrogens with zero attached hydrogens (tertiary/aromatic N) is 1. The number of halogens is 1. The number of rotatable bonds is 6. The van der Waals surface area contributed by atoms with Gasteiger partial charge in [0.2, 0.25) is 0 Å². The van der Waals surface area contributed by atoms with E-state index >= 15 is 0 Å². The maximum Gasteiger partial charge on any atom is 0.305 e. The van der Waals surface area contributed by atoms with Gasteiger partial charge in [-0.3, -0.25) is 4.79 Å². The highest BCUT2D eigenvalue weighted by Gasteiger charge is 2.06. The number of carbonyl (C=O) groups is 1. The van der Waals surface area contributed by atoms with Crippen LogP contribution in [-0.2, 0) is 4.79 Å². The van der Waals surface area contributed by atoms with Crippen LogP contribution in [0.15, 0.2) is 18.2 Å². The van der Waals surface area contributed by atoms with Crippen LogP contribution in [0.25, 0.3) is 0 Å². The summed E-state index contributed by atoms with van der Waals surface area (Å²) >= 11 is 0. The van der Waals surface area contributed by atoms with Gasteiger partial charge in [0, 0.05) is 25.8 Å². The number of aliphatic carboxylic acids is 1. The van der Waals surface area contributed by atoms with Gasteiger partial charge in [0.05, 0.1) is 12.1 Å². The molecule has 0 aliphatic heterocycles. The van der Waals surface area contributed by atoms with Gasteiger partial charge >= 0.3 is 5.97 Å². The molecule has 1 aromatic rings. The first-order valence-corrected chi connectivity index (χ1v) is 5.51. The third kappa shape index (κ3) is 3.94. The predicted molar refractivity (Wildman–Crippen MR) is 66.1 cm³/mol. The Morgan fingerprint density at radius 2 is 2.24 bits per heavy atom. The molecule has 94 valence electrons. The Morgan fingerprint density at radius 1 is 1.53 bits per heavy atom. The Bertz CT molecular complexity index is 396. The van der Waals surface area contributed by atoms with Crippen molar-refractivity contribution in [2.24, 2.45) is 0 Å². The molecule has 4 nitrogen and oxygen atoms in total. The first kappa shape index (κ1) is 13.3. The Hall–Kier alpha value is -1.78. The summed E-state index contributed by atoms with van der Waals surface area (Å²) in [6, 6.07) is 4.80. The molecular weight excluding hydrogens is 223 g/mol. The third-order valence-electron chi connectivity index (χ3n) is 2.50. The van der Waals surface area contributed by atoms with Crippen molar-refractivity contribution >= 4 is 17.3 Å². The van der Waals surface area contributed by atoms with Crippen molar-refractivity contribution in [2.45, 2.75) is 13.3 Å². The molecule has 2 N–H and O–H groups in total. The number of anilines is 2. The Kier molecular flexibility index (Phi) is 4.75. The van der Waals surface area contributed by atoms with Crippen LogP contribution in [-0.4, -0.2) is 31.2 Å². The molecule has 0 spiro atoms. The van der Waals surface area contributed by atoms with E-state index in [1.165, 1.54) is 6.07 Å². The molecule has 0 saturated heterocycles. The fourth-order valence-electron chi connectivity index (χ4n) is 1.41. The fraction of sp³-hybridized carbons (Fsp3) is 0.417. The van der Waals surface area contributed by atoms with Crippen LogP contribution in [0.5, 0.6) is 0 Å². The van der Waals surface area contributed by atoms with E-state index in [4.69, 9.17) is 5.11 Å². The highest BCUT2D eigenvalue weighted by molar-refractivity contribution is 5.67. The van der Waals surface area contributed by atoms with Crippen molar-refractivity contribution in [3.8, 4) is 0 Å². The fourth-order valence-corrected chi connectivity index (χ4v) is 1.41. The van der Waals surface area contributed by atoms with Gasteiger partial charge in [0.1, 0.15) is 5.82 Å². The number of nitrogens with one attached hydrogen (secondary N) is 1. The maximum absolute atomic E-state index is 13.7. The maximum atomic E-state index is 13.7. The molecule has 1 rings (SSSR count). The molecule has 0 saturated carbocycles. The molecule has 0 amide bonds. The van der Waals surface area contributed by atoms with Gasteiger partial charge in [-0.1, -0.05) is 0 Å². The zero-order valence-electron chi connectivity index (χ0n) is 10.0. The number of carboxylic acid groups (broad SMARTS) is 1. The average Bonchev–Trinajstić information content (AvgIpc) is 2.28. The second-order valence-corrected chi connectivity index (χ2v) is 3.75. The molecule has 0 heterocycles. The largest absolute Gasteiger partial charge is 0.481 e. The van der Waals surface area contributed by atoms with Crippen molar-refractivity contribution in [1.82, 2.24) is 0 Å². The number of benzene rings is 1. The molecule has 0 radical (unpaired) electrons. The van der Waals surface area contributed by atoms with Gasteiger partial charge in [0.15, 0.2) is 0 Å². The summed E-state index contributed by atoms with van der Waals surface area (Å²) in [7, 11) is 1.82. The normalized spacial score (nSPS) is 10.1. The van der Waals surface area contributed by atoms with Crippen LogP contribution >= 0.6 is 0 Å². The second kappa shape index (κ2) is 6.08. The lowest BCUT2D eigenvalue weighted by Gasteiger charge is -2.18. The van der Waals surface area contributed by atoms with Gasteiger partial charge in [-0.25, -0.2) is 4.39 Å². The Labute approximate surface area is 100 Å². The first-order valence-electron chi connectivity index (χ1n) is 5.51. The van der Waals surface area contributed by atoms with Crippen molar-refractivity contribution < 1.29 is 14.3 Å². The lowest BCUT2D eigenvalue weighted by molar-refractivity contribution is -0.136. The quantitative estimate of drug-likeness (QED) is 0.800. The van der Waals surface area contributed by atoms with Gasteiger partial charge in [-0.2, -0.15) is 0 Å². The molecule has 0 aromatic heterocycles. The minimum atomic E-state index is -0.875. The summed E-state index contributed by atoms with van der Waals surface area (Å²) in [4.78, 5) is 12.1. The van der Waals surface area contributed by atoms with Crippen molar-refractivity contribution in [1.29, 1.82) is 0 Å². The second-order valence-electron chi connectivity index (χ2n) is 3.75. The first-order chi connectivity index (χ1) is 8.04. The van der Waals surface area contributed by atoms with Gasteiger partial charge in [-0.05, 0) is 25.1 Å². The molecule has 0 fully saturated rings. The highest BCUT2D eigenvalue weighted by Crippen LogP contribution is 2.21. The van der Waals surface area contributed by atoms with Crippen molar-refractivity contribution in [3.63, 3.8) is 0 Å². The van der Waals surface area contributed by atoms with Crippen LogP contribution in [0.3, 0.4) is 0 Å². The lowest BCUT2D eigenvalue weighted by Crippen LogP contribution is -2.17. The van der Waals surface area contributed by atoms with E-state index in [-0.39, 0.29) is 18.8 Å². The molecule has 0 atom stereocenters. The number of hydrogen-bond donors (Lipinski definition) is 2. The SMILES string of the molecule is CCN(C)c1ccc(NCCC(=O)O)cc1F. The molecule has 17 heavy (non-hydrogen) atoms. The summed E-state index contributed by atoms with van der Waals surface area (Å²) in [6.07, 6.45) is 0.0121. The van der Waals surface area contributed by atoms with Gasteiger partial charge in [-0.15, -0.1) is 0 Å². The lowest BCUT2D eigenvalue weighted by atomic mass is 10.2. The van der Waals surface area contributed by atoms with E-state index < -0.39 is 5.97 Å². The van der Waals surface area contributed by atoms with Crippen LogP contribution in [0.2, 0.25) is 0 Å². The predicted octanol–water partition coefficient (Wildman–Crippen LogP) is 2.17. The summed E-state index contributed by atoms with van der Waals surface area (Å²) in [5, 5.41) is 11.3. The minimum Gasteiger partial charge on any atom is -0.481 e. The van der Waals surface area contributed by atoms with E-state index in [9.17, 15) is 9.18 Å². The van der Waals surface area contributed by atoms with E-state index in [1.807, 2.05) is 14.0 Å². The zero-order valence-corrected chi connectivity index (χ0v) is 10.0. The molecular formula is C12H17FN2O2. The molecule has 0 unspecified atom stereocenters. The molecule has 1 aromatic carbocycles. The number of hydrogen-bond acceptors (Lipinski definition) is 3. The summed E-state index contributed by atoms with van der Waals surface area (Å²) in [5.74, 6) is -1.19. The summed E-state index contributed by atoms with van der Waals surface area (Å²) in [6.45, 7) is 2.96. The monoisotopic (exact) mass is 240 g/mol. The molecule has 0 aliphatic rings. The van der Waals surface area contributed by atoms with E-state index in [0.29, 0.717) is 11.4 Å². The van der Waals surface area contributed by atoms with Crippen molar-refractivity contribution in [3.05, 3.63) is 24.0 Å². The zero-order chi connectivity index (χ0) is 12.8. The highest BCUT2D eigenvalue weighted by atomic mass is 19.1. The van der Waals surface area contributed by atoms with Crippen LogP contribution in [0, 0.1) is 5.82 Å².